The first kappa shape index (κ1) is 19.4. The minimum Gasteiger partial charge on any atom is -0.325 e. The van der Waals surface area contributed by atoms with E-state index in [0.29, 0.717) is 11.3 Å². The van der Waals surface area contributed by atoms with Crippen LogP contribution >= 0.6 is 0 Å². The van der Waals surface area contributed by atoms with Gasteiger partial charge < -0.3 is 10.2 Å². The Hall–Kier alpha value is -3.40. The average molecular weight is 372 g/mol. The molecule has 3 rings (SSSR count). The number of nitrogens with one attached hydrogen (secondary N) is 1. The first-order valence-electron chi connectivity index (χ1n) is 9.27. The Kier molecular flexibility index (Phi) is 5.90. The molecule has 28 heavy (non-hydrogen) atoms. The number of amides is 2. The Labute approximate surface area is 165 Å². The Morgan fingerprint density at radius 2 is 1.50 bits per heavy atom. The standard InChI is InChI=1S/C24H24N2O2/c1-17-14-15-20(24(28)26(3)21-12-8-5-9-13-21)16-22(17)25-23(27)18(2)19-10-6-4-7-11-19/h4-16,18H,1-3H3,(H,25,27)/t18-/m0/s1. The Bertz CT molecular complexity index is 968. The maximum Gasteiger partial charge on any atom is 0.258 e. The first-order chi connectivity index (χ1) is 13.5. The highest BCUT2D eigenvalue weighted by Crippen LogP contribution is 2.23. The van der Waals surface area contributed by atoms with Crippen LogP contribution in [0.5, 0.6) is 0 Å². The van der Waals surface area contributed by atoms with Crippen LogP contribution in [0.1, 0.15) is 34.3 Å². The van der Waals surface area contributed by atoms with Crippen LogP contribution in [0.3, 0.4) is 0 Å². The number of carbonyl (C=O) groups is 2. The normalized spacial score (nSPS) is 11.5. The van der Waals surface area contributed by atoms with E-state index in [0.717, 1.165) is 16.8 Å². The van der Waals surface area contributed by atoms with Gasteiger partial charge in [0.25, 0.3) is 5.91 Å². The summed E-state index contributed by atoms with van der Waals surface area (Å²) in [6.07, 6.45) is 0. The molecule has 0 aliphatic heterocycles. The van der Waals surface area contributed by atoms with Crippen molar-refractivity contribution in [3.05, 3.63) is 95.6 Å². The monoisotopic (exact) mass is 372 g/mol. The van der Waals surface area contributed by atoms with Gasteiger partial charge in [0.1, 0.15) is 0 Å². The second-order valence-electron chi connectivity index (χ2n) is 6.85. The summed E-state index contributed by atoms with van der Waals surface area (Å²) in [7, 11) is 1.74. The summed E-state index contributed by atoms with van der Waals surface area (Å²) in [5, 5.41) is 2.97. The zero-order valence-corrected chi connectivity index (χ0v) is 16.3. The van der Waals surface area contributed by atoms with E-state index >= 15 is 0 Å². The number of carbonyl (C=O) groups excluding carboxylic acids is 2. The molecule has 0 aromatic heterocycles. The molecular formula is C24H24N2O2. The van der Waals surface area contributed by atoms with Gasteiger partial charge in [0.2, 0.25) is 5.91 Å². The van der Waals surface area contributed by atoms with E-state index in [-0.39, 0.29) is 17.7 Å². The number of nitrogens with zero attached hydrogens (tertiary/aromatic N) is 1. The van der Waals surface area contributed by atoms with Gasteiger partial charge in [0.15, 0.2) is 0 Å². The molecule has 4 nitrogen and oxygen atoms in total. The number of rotatable bonds is 5. The smallest absolute Gasteiger partial charge is 0.258 e. The topological polar surface area (TPSA) is 49.4 Å². The summed E-state index contributed by atoms with van der Waals surface area (Å²) in [6.45, 7) is 3.79. The SMILES string of the molecule is Cc1ccc(C(=O)N(C)c2ccccc2)cc1NC(=O)[C@@H](C)c1ccccc1. The number of para-hydroxylation sites is 1. The summed E-state index contributed by atoms with van der Waals surface area (Å²) < 4.78 is 0. The molecule has 1 N–H and O–H groups in total. The molecule has 3 aromatic rings. The minimum atomic E-state index is -0.285. The summed E-state index contributed by atoms with van der Waals surface area (Å²) in [5.74, 6) is -0.514. The van der Waals surface area contributed by atoms with Crippen LogP contribution < -0.4 is 10.2 Å². The highest BCUT2D eigenvalue weighted by atomic mass is 16.2. The lowest BCUT2D eigenvalue weighted by atomic mass is 10.00. The molecular weight excluding hydrogens is 348 g/mol. The van der Waals surface area contributed by atoms with Gasteiger partial charge in [0.05, 0.1) is 5.92 Å². The molecule has 4 heteroatoms. The highest BCUT2D eigenvalue weighted by Gasteiger charge is 2.18. The molecule has 142 valence electrons. The molecule has 0 saturated carbocycles. The van der Waals surface area contributed by atoms with Crippen LogP contribution in [0.2, 0.25) is 0 Å². The summed E-state index contributed by atoms with van der Waals surface area (Å²) in [5.41, 5.74) is 3.86. The lowest BCUT2D eigenvalue weighted by Gasteiger charge is -2.19. The van der Waals surface area contributed by atoms with Crippen LogP contribution in [0.4, 0.5) is 11.4 Å². The van der Waals surface area contributed by atoms with Crippen molar-refractivity contribution in [1.29, 1.82) is 0 Å². The molecule has 0 aliphatic rings. The summed E-state index contributed by atoms with van der Waals surface area (Å²) >= 11 is 0. The Balaban J connectivity index is 1.80. The number of anilines is 2. The molecule has 0 radical (unpaired) electrons. The van der Waals surface area contributed by atoms with E-state index < -0.39 is 0 Å². The predicted molar refractivity (Wildman–Crippen MR) is 114 cm³/mol. The second kappa shape index (κ2) is 8.53. The molecule has 1 atom stereocenters. The molecule has 3 aromatic carbocycles. The fraction of sp³-hybridized carbons (Fsp3) is 0.167. The van der Waals surface area contributed by atoms with Gasteiger partial charge in [-0.1, -0.05) is 54.6 Å². The summed E-state index contributed by atoms with van der Waals surface area (Å²) in [4.78, 5) is 27.2. The fourth-order valence-corrected chi connectivity index (χ4v) is 2.99. The van der Waals surface area contributed by atoms with Gasteiger partial charge in [-0.3, -0.25) is 9.59 Å². The number of aryl methyl sites for hydroxylation is 1. The molecule has 0 saturated heterocycles. The van der Waals surface area contributed by atoms with Crippen LogP contribution in [0.15, 0.2) is 78.9 Å². The third-order valence-corrected chi connectivity index (χ3v) is 4.88. The van der Waals surface area contributed by atoms with E-state index in [1.54, 1.807) is 24.1 Å². The van der Waals surface area contributed by atoms with Crippen molar-refractivity contribution < 1.29 is 9.59 Å². The van der Waals surface area contributed by atoms with E-state index in [2.05, 4.69) is 5.32 Å². The van der Waals surface area contributed by atoms with Gasteiger partial charge in [0, 0.05) is 24.0 Å². The molecule has 0 bridgehead atoms. The Morgan fingerprint density at radius 1 is 0.893 bits per heavy atom. The van der Waals surface area contributed by atoms with Crippen LogP contribution in [0.25, 0.3) is 0 Å². The van der Waals surface area contributed by atoms with Gasteiger partial charge in [-0.05, 0) is 49.2 Å². The molecule has 0 heterocycles. The molecule has 0 aliphatic carbocycles. The van der Waals surface area contributed by atoms with Crippen LogP contribution in [0, 0.1) is 6.92 Å². The highest BCUT2D eigenvalue weighted by molar-refractivity contribution is 6.07. The number of hydrogen-bond acceptors (Lipinski definition) is 2. The van der Waals surface area contributed by atoms with E-state index in [9.17, 15) is 9.59 Å². The lowest BCUT2D eigenvalue weighted by Crippen LogP contribution is -2.26. The largest absolute Gasteiger partial charge is 0.325 e. The fourth-order valence-electron chi connectivity index (χ4n) is 2.99. The maximum atomic E-state index is 12.9. The van der Waals surface area contributed by atoms with Crippen molar-refractivity contribution in [3.63, 3.8) is 0 Å². The van der Waals surface area contributed by atoms with E-state index in [1.807, 2.05) is 80.6 Å². The van der Waals surface area contributed by atoms with Crippen molar-refractivity contribution in [2.75, 3.05) is 17.3 Å². The van der Waals surface area contributed by atoms with Crippen molar-refractivity contribution >= 4 is 23.2 Å². The zero-order chi connectivity index (χ0) is 20.1. The zero-order valence-electron chi connectivity index (χ0n) is 16.3. The maximum absolute atomic E-state index is 12.9. The summed E-state index contributed by atoms with van der Waals surface area (Å²) in [6, 6.07) is 24.5. The molecule has 0 spiro atoms. The molecule has 0 unspecified atom stereocenters. The first-order valence-corrected chi connectivity index (χ1v) is 9.27. The van der Waals surface area contributed by atoms with Gasteiger partial charge in [-0.25, -0.2) is 0 Å². The van der Waals surface area contributed by atoms with Gasteiger partial charge >= 0.3 is 0 Å². The second-order valence-corrected chi connectivity index (χ2v) is 6.85. The molecule has 2 amide bonds. The van der Waals surface area contributed by atoms with Crippen molar-refractivity contribution in [3.8, 4) is 0 Å². The third kappa shape index (κ3) is 4.29. The quantitative estimate of drug-likeness (QED) is 0.684. The third-order valence-electron chi connectivity index (χ3n) is 4.88. The van der Waals surface area contributed by atoms with E-state index in [1.165, 1.54) is 0 Å². The number of benzene rings is 3. The van der Waals surface area contributed by atoms with Crippen molar-refractivity contribution in [2.45, 2.75) is 19.8 Å². The lowest BCUT2D eigenvalue weighted by molar-refractivity contribution is -0.117. The van der Waals surface area contributed by atoms with Crippen molar-refractivity contribution in [2.24, 2.45) is 0 Å². The average Bonchev–Trinajstić information content (AvgIpc) is 2.74. The minimum absolute atomic E-state index is 0.102. The van der Waals surface area contributed by atoms with Gasteiger partial charge in [-0.15, -0.1) is 0 Å². The number of hydrogen-bond donors (Lipinski definition) is 1. The Morgan fingerprint density at radius 3 is 2.14 bits per heavy atom. The van der Waals surface area contributed by atoms with Gasteiger partial charge in [-0.2, -0.15) is 0 Å². The van der Waals surface area contributed by atoms with E-state index in [4.69, 9.17) is 0 Å². The van der Waals surface area contributed by atoms with Crippen LogP contribution in [-0.4, -0.2) is 18.9 Å². The predicted octanol–water partition coefficient (Wildman–Crippen LogP) is 5.01. The van der Waals surface area contributed by atoms with Crippen LogP contribution in [-0.2, 0) is 4.79 Å². The van der Waals surface area contributed by atoms with Crippen molar-refractivity contribution in [1.82, 2.24) is 0 Å². The molecule has 0 fully saturated rings.